The van der Waals surface area contributed by atoms with E-state index in [4.69, 9.17) is 15.8 Å². The van der Waals surface area contributed by atoms with Crippen LogP contribution in [0.4, 0.5) is 15.9 Å². The Balaban J connectivity index is 2.43. The monoisotopic (exact) mass is 289 g/mol. The second-order valence-electron chi connectivity index (χ2n) is 3.78. The smallest absolute Gasteiger partial charge is 0.331 e. The minimum atomic E-state index is -0.837. The van der Waals surface area contributed by atoms with E-state index >= 15 is 0 Å². The topological polar surface area (TPSA) is 127 Å². The predicted octanol–water partition coefficient (Wildman–Crippen LogP) is 2.08. The highest BCUT2D eigenvalue weighted by atomic mass is 19.1. The summed E-state index contributed by atoms with van der Waals surface area (Å²) in [7, 11) is 0. The molecule has 2 rings (SSSR count). The van der Waals surface area contributed by atoms with E-state index in [1.54, 1.807) is 6.07 Å². The molecule has 21 heavy (non-hydrogen) atoms. The highest BCUT2D eigenvalue weighted by molar-refractivity contribution is 5.50. The number of nitrogens with zero attached hydrogens (tertiary/aromatic N) is 3. The average molecular weight is 289 g/mol. The molecule has 8 nitrogen and oxygen atoms in total. The number of anilines is 1. The summed E-state index contributed by atoms with van der Waals surface area (Å²) >= 11 is 0. The van der Waals surface area contributed by atoms with Gasteiger partial charge in [0.05, 0.1) is 16.6 Å². The Morgan fingerprint density at radius 3 is 2.76 bits per heavy atom. The number of halogens is 1. The summed E-state index contributed by atoms with van der Waals surface area (Å²) in [6.45, 7) is 0. The number of benzene rings is 1. The summed E-state index contributed by atoms with van der Waals surface area (Å²) < 4.78 is 18.8. The molecule has 0 amide bonds. The number of hydrogen-bond acceptors (Lipinski definition) is 7. The van der Waals surface area contributed by atoms with Crippen LogP contribution < -0.4 is 16.0 Å². The van der Waals surface area contributed by atoms with Crippen LogP contribution in [0, 0.1) is 27.3 Å². The summed E-state index contributed by atoms with van der Waals surface area (Å²) in [5.41, 5.74) is 1.85. The maximum absolute atomic E-state index is 13.7. The number of hydrazine groups is 1. The lowest BCUT2D eigenvalue weighted by Gasteiger charge is -2.08. The number of nitro groups is 1. The van der Waals surface area contributed by atoms with Gasteiger partial charge in [0.1, 0.15) is 5.82 Å². The van der Waals surface area contributed by atoms with Gasteiger partial charge < -0.3 is 10.2 Å². The lowest BCUT2D eigenvalue weighted by molar-refractivity contribution is -0.386. The zero-order valence-corrected chi connectivity index (χ0v) is 10.4. The van der Waals surface area contributed by atoms with Gasteiger partial charge in [0.2, 0.25) is 0 Å². The molecule has 3 N–H and O–H groups in total. The Kier molecular flexibility index (Phi) is 3.92. The lowest BCUT2D eigenvalue weighted by Crippen LogP contribution is -2.09. The SMILES string of the molecule is N#Cc1ccc(Oc2nc(NN)ccc2[N+](=O)[O-])c(F)c1. The molecule has 0 fully saturated rings. The third kappa shape index (κ3) is 3.02. The lowest BCUT2D eigenvalue weighted by atomic mass is 10.2. The van der Waals surface area contributed by atoms with E-state index in [9.17, 15) is 14.5 Å². The van der Waals surface area contributed by atoms with Crippen LogP contribution in [0.15, 0.2) is 30.3 Å². The molecule has 0 saturated carbocycles. The molecule has 0 atom stereocenters. The minimum absolute atomic E-state index is 0.0969. The Hall–Kier alpha value is -3.25. The van der Waals surface area contributed by atoms with Crippen molar-refractivity contribution >= 4 is 11.5 Å². The molecule has 0 radical (unpaired) electrons. The van der Waals surface area contributed by atoms with Gasteiger partial charge in [0.15, 0.2) is 11.6 Å². The Bertz CT molecular complexity index is 744. The number of ether oxygens (including phenoxy) is 1. The fraction of sp³-hybridized carbons (Fsp3) is 0. The summed E-state index contributed by atoms with van der Waals surface area (Å²) in [6.07, 6.45) is 0. The van der Waals surface area contributed by atoms with Gasteiger partial charge in [0, 0.05) is 6.07 Å². The molecule has 0 aliphatic rings. The van der Waals surface area contributed by atoms with Crippen molar-refractivity contribution in [3.63, 3.8) is 0 Å². The van der Waals surface area contributed by atoms with Gasteiger partial charge in [-0.25, -0.2) is 10.2 Å². The number of aromatic nitrogens is 1. The molecule has 0 saturated heterocycles. The second-order valence-corrected chi connectivity index (χ2v) is 3.78. The van der Waals surface area contributed by atoms with Gasteiger partial charge in [-0.3, -0.25) is 10.1 Å². The quantitative estimate of drug-likeness (QED) is 0.501. The zero-order chi connectivity index (χ0) is 15.4. The Morgan fingerprint density at radius 1 is 1.43 bits per heavy atom. The fourth-order valence-electron chi connectivity index (χ4n) is 1.48. The van der Waals surface area contributed by atoms with Gasteiger partial charge in [-0.05, 0) is 24.3 Å². The molecule has 9 heteroatoms. The van der Waals surface area contributed by atoms with E-state index in [0.717, 1.165) is 12.1 Å². The first-order chi connectivity index (χ1) is 10.0. The van der Waals surface area contributed by atoms with Crippen LogP contribution >= 0.6 is 0 Å². The van der Waals surface area contributed by atoms with E-state index in [-0.39, 0.29) is 17.1 Å². The van der Waals surface area contributed by atoms with E-state index in [2.05, 4.69) is 10.4 Å². The predicted molar refractivity (Wildman–Crippen MR) is 69.9 cm³/mol. The van der Waals surface area contributed by atoms with Crippen LogP contribution in [-0.4, -0.2) is 9.91 Å². The second kappa shape index (κ2) is 5.81. The molecule has 1 heterocycles. The van der Waals surface area contributed by atoms with Gasteiger partial charge in [-0.1, -0.05) is 0 Å². The largest absolute Gasteiger partial charge is 0.430 e. The maximum Gasteiger partial charge on any atom is 0.331 e. The Labute approximate surface area is 117 Å². The molecule has 0 unspecified atom stereocenters. The molecule has 1 aromatic carbocycles. The molecule has 0 spiro atoms. The number of nitrogens with one attached hydrogen (secondary N) is 1. The van der Waals surface area contributed by atoms with Crippen molar-refractivity contribution in [2.75, 3.05) is 5.43 Å². The van der Waals surface area contributed by atoms with Gasteiger partial charge >= 0.3 is 11.6 Å². The van der Waals surface area contributed by atoms with E-state index in [1.807, 2.05) is 0 Å². The molecule has 0 bridgehead atoms. The van der Waals surface area contributed by atoms with Gasteiger partial charge in [-0.2, -0.15) is 10.2 Å². The first-order valence-electron chi connectivity index (χ1n) is 5.54. The Morgan fingerprint density at radius 2 is 2.19 bits per heavy atom. The molecule has 1 aromatic heterocycles. The van der Waals surface area contributed by atoms with Crippen LogP contribution in [0.3, 0.4) is 0 Å². The van der Waals surface area contributed by atoms with Crippen molar-refractivity contribution in [2.24, 2.45) is 5.84 Å². The average Bonchev–Trinajstić information content (AvgIpc) is 2.48. The molecule has 2 aromatic rings. The van der Waals surface area contributed by atoms with Crippen molar-refractivity contribution in [1.82, 2.24) is 4.98 Å². The summed E-state index contributed by atoms with van der Waals surface area (Å²) in [4.78, 5) is 13.9. The molecule has 106 valence electrons. The number of hydrogen-bond donors (Lipinski definition) is 2. The van der Waals surface area contributed by atoms with Crippen molar-refractivity contribution in [1.29, 1.82) is 5.26 Å². The third-order valence-electron chi connectivity index (χ3n) is 2.45. The van der Waals surface area contributed by atoms with Crippen LogP contribution in [0.5, 0.6) is 11.6 Å². The number of nitriles is 1. The summed E-state index contributed by atoms with van der Waals surface area (Å²) in [6, 6.07) is 7.61. The third-order valence-corrected chi connectivity index (χ3v) is 2.45. The molecular formula is C12H8FN5O3. The van der Waals surface area contributed by atoms with Crippen molar-refractivity contribution in [2.45, 2.75) is 0 Å². The van der Waals surface area contributed by atoms with Crippen molar-refractivity contribution < 1.29 is 14.1 Å². The number of rotatable bonds is 4. The van der Waals surface area contributed by atoms with Crippen LogP contribution in [-0.2, 0) is 0 Å². The number of nitrogens with two attached hydrogens (primary N) is 1. The van der Waals surface area contributed by atoms with Crippen molar-refractivity contribution in [3.05, 3.63) is 51.8 Å². The minimum Gasteiger partial charge on any atom is -0.430 e. The van der Waals surface area contributed by atoms with E-state index in [1.165, 1.54) is 18.2 Å². The zero-order valence-electron chi connectivity index (χ0n) is 10.4. The first-order valence-corrected chi connectivity index (χ1v) is 5.54. The summed E-state index contributed by atoms with van der Waals surface area (Å²) in [5, 5.41) is 19.5. The standard InChI is InChI=1S/C12H8FN5O3/c13-8-5-7(6-14)1-3-10(8)21-12-9(18(19)20)2-4-11(16-12)17-15/h1-5H,15H2,(H,16,17). The normalized spacial score (nSPS) is 9.76. The highest BCUT2D eigenvalue weighted by Crippen LogP contribution is 2.31. The molecule has 0 aliphatic heterocycles. The van der Waals surface area contributed by atoms with E-state index < -0.39 is 22.3 Å². The molecular weight excluding hydrogens is 281 g/mol. The van der Waals surface area contributed by atoms with E-state index in [0.29, 0.717) is 0 Å². The van der Waals surface area contributed by atoms with Gasteiger partial charge in [-0.15, -0.1) is 0 Å². The number of pyridine rings is 1. The molecule has 0 aliphatic carbocycles. The van der Waals surface area contributed by atoms with Crippen LogP contribution in [0.2, 0.25) is 0 Å². The van der Waals surface area contributed by atoms with Crippen molar-refractivity contribution in [3.8, 4) is 17.7 Å². The first kappa shape index (κ1) is 14.2. The number of nitrogen functional groups attached to an aromatic ring is 1. The summed E-state index contributed by atoms with van der Waals surface area (Å²) in [5.74, 6) is 3.73. The van der Waals surface area contributed by atoms with Gasteiger partial charge in [0.25, 0.3) is 0 Å². The maximum atomic E-state index is 13.7. The fourth-order valence-corrected chi connectivity index (χ4v) is 1.48. The highest BCUT2D eigenvalue weighted by Gasteiger charge is 2.19. The van der Waals surface area contributed by atoms with Crippen LogP contribution in [0.1, 0.15) is 5.56 Å². The van der Waals surface area contributed by atoms with Crippen LogP contribution in [0.25, 0.3) is 0 Å².